The Bertz CT molecular complexity index is 729. The van der Waals surface area contributed by atoms with Crippen molar-refractivity contribution in [2.75, 3.05) is 11.8 Å². The zero-order valence-electron chi connectivity index (χ0n) is 11.9. The Morgan fingerprint density at radius 1 is 1.39 bits per heavy atom. The molecule has 0 amide bonds. The molecule has 1 aromatic carbocycles. The zero-order chi connectivity index (χ0) is 17.4. The molecule has 1 atom stereocenters. The number of benzene rings is 1. The Hall–Kier alpha value is -2.30. The summed E-state index contributed by atoms with van der Waals surface area (Å²) in [5, 5.41) is 17.7. The summed E-state index contributed by atoms with van der Waals surface area (Å²) in [4.78, 5) is 14.4. The third kappa shape index (κ3) is 2.71. The molecule has 126 valence electrons. The maximum Gasteiger partial charge on any atom is 0.421 e. The van der Waals surface area contributed by atoms with E-state index in [9.17, 15) is 18.0 Å². The lowest BCUT2D eigenvalue weighted by Crippen LogP contribution is -2.57. The number of hydrogen-bond donors (Lipinski definition) is 4. The highest BCUT2D eigenvalue weighted by atomic mass is 19.4. The second-order valence-corrected chi connectivity index (χ2v) is 4.75. The van der Waals surface area contributed by atoms with Crippen LogP contribution in [-0.2, 0) is 15.1 Å². The first-order chi connectivity index (χ1) is 10.6. The lowest BCUT2D eigenvalue weighted by atomic mass is 9.89. The van der Waals surface area contributed by atoms with Gasteiger partial charge in [-0.2, -0.15) is 13.2 Å². The van der Waals surface area contributed by atoms with Gasteiger partial charge in [0.05, 0.1) is 12.3 Å². The van der Waals surface area contributed by atoms with Crippen molar-refractivity contribution in [3.8, 4) is 0 Å². The third-order valence-electron chi connectivity index (χ3n) is 3.37. The summed E-state index contributed by atoms with van der Waals surface area (Å²) < 4.78 is 44.9. The maximum atomic E-state index is 13.5. The van der Waals surface area contributed by atoms with Crippen LogP contribution in [0.2, 0.25) is 0 Å². The van der Waals surface area contributed by atoms with E-state index in [4.69, 9.17) is 16.1 Å². The summed E-state index contributed by atoms with van der Waals surface area (Å²) in [6.07, 6.45) is -4.18. The van der Waals surface area contributed by atoms with Crippen LogP contribution in [0.25, 0.3) is 10.9 Å². The highest BCUT2D eigenvalue weighted by molar-refractivity contribution is 5.94. The van der Waals surface area contributed by atoms with Crippen LogP contribution in [0.15, 0.2) is 24.4 Å². The molecule has 0 radical (unpaired) electrons. The number of carbonyl (C=O) groups is 1. The predicted molar refractivity (Wildman–Crippen MR) is 72.9 cm³/mol. The molecule has 0 bridgehead atoms. The van der Waals surface area contributed by atoms with Crippen molar-refractivity contribution >= 4 is 22.6 Å². The number of fused-ring (bicyclic) bond motifs is 1. The number of anilines is 1. The average molecular weight is 333 g/mol. The first kappa shape index (κ1) is 17.1. The number of alkyl halides is 3. The van der Waals surface area contributed by atoms with E-state index in [1.54, 1.807) is 0 Å². The number of ether oxygens (including phenoxy) is 1. The number of halogens is 3. The molecule has 7 nitrogen and oxygen atoms in total. The fourth-order valence-electron chi connectivity index (χ4n) is 2.18. The van der Waals surface area contributed by atoms with Gasteiger partial charge >= 0.3 is 12.1 Å². The van der Waals surface area contributed by atoms with Crippen molar-refractivity contribution in [1.82, 2.24) is 4.98 Å². The smallest absolute Gasteiger partial charge is 0.421 e. The largest absolute Gasteiger partial charge is 0.464 e. The van der Waals surface area contributed by atoms with Crippen LogP contribution in [0, 0.1) is 0 Å². The molecule has 2 aromatic rings. The first-order valence-electron chi connectivity index (χ1n) is 6.45. The number of rotatable bonds is 4. The Balaban J connectivity index is 2.71. The maximum absolute atomic E-state index is 13.5. The molecule has 10 heteroatoms. The molecule has 0 saturated carbocycles. The Morgan fingerprint density at radius 3 is 2.57 bits per heavy atom. The SMILES string of the molecule is CCOC(=O)C(N)(c1c[nH]c2ccc(N(O)O)cc12)C(F)(F)F. The number of carbonyl (C=O) groups excluding carboxylic acids is 1. The minimum atomic E-state index is -5.12. The highest BCUT2D eigenvalue weighted by Gasteiger charge is 2.61. The molecule has 0 aliphatic rings. The van der Waals surface area contributed by atoms with Gasteiger partial charge in [0.25, 0.3) is 0 Å². The van der Waals surface area contributed by atoms with E-state index in [2.05, 4.69) is 9.72 Å². The summed E-state index contributed by atoms with van der Waals surface area (Å²) in [7, 11) is 0. The van der Waals surface area contributed by atoms with Gasteiger partial charge in [-0.25, -0.2) is 4.79 Å². The molecule has 23 heavy (non-hydrogen) atoms. The molecule has 5 N–H and O–H groups in total. The Labute approximate surface area is 128 Å². The summed E-state index contributed by atoms with van der Waals surface area (Å²) in [6.45, 7) is 1.08. The molecular weight excluding hydrogens is 319 g/mol. The van der Waals surface area contributed by atoms with Crippen molar-refractivity contribution in [2.24, 2.45) is 5.73 Å². The predicted octanol–water partition coefficient (Wildman–Crippen LogP) is 2.03. The van der Waals surface area contributed by atoms with Gasteiger partial charge in [0.1, 0.15) is 0 Å². The zero-order valence-corrected chi connectivity index (χ0v) is 11.9. The molecule has 0 spiro atoms. The molecule has 1 unspecified atom stereocenters. The first-order valence-corrected chi connectivity index (χ1v) is 6.45. The lowest BCUT2D eigenvalue weighted by Gasteiger charge is -2.29. The number of esters is 1. The molecule has 0 aliphatic heterocycles. The van der Waals surface area contributed by atoms with Gasteiger partial charge in [-0.15, -0.1) is 5.23 Å². The van der Waals surface area contributed by atoms with E-state index in [0.29, 0.717) is 0 Å². The molecular formula is C13H14F3N3O4. The molecule has 0 saturated heterocycles. The van der Waals surface area contributed by atoms with Gasteiger partial charge < -0.3 is 15.5 Å². The van der Waals surface area contributed by atoms with Gasteiger partial charge in [0, 0.05) is 22.7 Å². The monoisotopic (exact) mass is 333 g/mol. The van der Waals surface area contributed by atoms with Crippen LogP contribution in [0.3, 0.4) is 0 Å². The van der Waals surface area contributed by atoms with Crippen molar-refractivity contribution in [3.63, 3.8) is 0 Å². The fourth-order valence-corrected chi connectivity index (χ4v) is 2.18. The van der Waals surface area contributed by atoms with Crippen molar-refractivity contribution in [2.45, 2.75) is 18.6 Å². The number of aromatic nitrogens is 1. The average Bonchev–Trinajstić information content (AvgIpc) is 2.88. The third-order valence-corrected chi connectivity index (χ3v) is 3.37. The van der Waals surface area contributed by atoms with E-state index in [1.165, 1.54) is 19.1 Å². The molecule has 2 rings (SSSR count). The van der Waals surface area contributed by atoms with Gasteiger partial charge in [-0.3, -0.25) is 10.4 Å². The van der Waals surface area contributed by atoms with Crippen LogP contribution < -0.4 is 11.0 Å². The molecule has 0 fully saturated rings. The number of H-pyrrole nitrogens is 1. The standard InChI is InChI=1S/C13H14F3N3O4/c1-2-23-11(20)12(17,13(14,15)16)9-6-18-10-4-3-7(19(21)22)5-8(9)10/h3-6,18,21-22H,2,17H2,1H3. The van der Waals surface area contributed by atoms with Crippen molar-refractivity contribution in [3.05, 3.63) is 30.0 Å². The van der Waals surface area contributed by atoms with Gasteiger partial charge in [0.15, 0.2) is 0 Å². The number of nitrogens with zero attached hydrogens (tertiary/aromatic N) is 1. The highest BCUT2D eigenvalue weighted by Crippen LogP contribution is 2.41. The van der Waals surface area contributed by atoms with Crippen LogP contribution in [-0.4, -0.2) is 34.2 Å². The Morgan fingerprint density at radius 2 is 2.04 bits per heavy atom. The quantitative estimate of drug-likeness (QED) is 0.503. The second-order valence-electron chi connectivity index (χ2n) is 4.75. The van der Waals surface area contributed by atoms with Crippen LogP contribution in [0.5, 0.6) is 0 Å². The molecule has 1 aromatic heterocycles. The Kier molecular flexibility index (Phi) is 4.24. The molecule has 1 heterocycles. The van der Waals surface area contributed by atoms with Gasteiger partial charge in [0.2, 0.25) is 5.54 Å². The fraction of sp³-hybridized carbons (Fsp3) is 0.308. The van der Waals surface area contributed by atoms with E-state index < -0.39 is 23.2 Å². The van der Waals surface area contributed by atoms with E-state index in [1.807, 2.05) is 0 Å². The topological polar surface area (TPSA) is 112 Å². The van der Waals surface area contributed by atoms with Crippen LogP contribution in [0.1, 0.15) is 12.5 Å². The summed E-state index contributed by atoms with van der Waals surface area (Å²) >= 11 is 0. The van der Waals surface area contributed by atoms with Crippen molar-refractivity contribution in [1.29, 1.82) is 0 Å². The van der Waals surface area contributed by atoms with Crippen LogP contribution in [0.4, 0.5) is 18.9 Å². The van der Waals surface area contributed by atoms with E-state index in [0.717, 1.165) is 12.3 Å². The van der Waals surface area contributed by atoms with Gasteiger partial charge in [-0.1, -0.05) is 0 Å². The molecule has 0 aliphatic carbocycles. The van der Waals surface area contributed by atoms with E-state index in [-0.39, 0.29) is 28.4 Å². The second kappa shape index (κ2) is 5.72. The number of nitrogens with one attached hydrogen (secondary N) is 1. The summed E-state index contributed by atoms with van der Waals surface area (Å²) in [5.74, 6) is -1.65. The minimum absolute atomic E-state index is 0.0940. The number of aromatic amines is 1. The van der Waals surface area contributed by atoms with Crippen LogP contribution >= 0.6 is 0 Å². The summed E-state index contributed by atoms with van der Waals surface area (Å²) in [6, 6.07) is 3.61. The minimum Gasteiger partial charge on any atom is -0.464 e. The number of hydrogen-bond acceptors (Lipinski definition) is 6. The normalized spacial score (nSPS) is 14.6. The van der Waals surface area contributed by atoms with E-state index >= 15 is 0 Å². The van der Waals surface area contributed by atoms with Gasteiger partial charge in [-0.05, 0) is 25.1 Å². The van der Waals surface area contributed by atoms with Crippen molar-refractivity contribution < 1.29 is 33.1 Å². The summed E-state index contributed by atoms with van der Waals surface area (Å²) in [5.41, 5.74) is 1.46. The number of nitrogens with two attached hydrogens (primary N) is 1. The lowest BCUT2D eigenvalue weighted by molar-refractivity contribution is -0.208.